The molecular weight excluding hydrogens is 202 g/mol. The number of hydrogen-bond acceptors (Lipinski definition) is 4. The van der Waals surface area contributed by atoms with E-state index in [1.54, 1.807) is 14.1 Å². The Kier molecular flexibility index (Phi) is 11.3. The molecule has 0 spiro atoms. The van der Waals surface area contributed by atoms with E-state index in [0.717, 1.165) is 0 Å². The van der Waals surface area contributed by atoms with Gasteiger partial charge in [0.1, 0.15) is 0 Å². The zero-order valence-electron chi connectivity index (χ0n) is 7.90. The van der Waals surface area contributed by atoms with Crippen LogP contribution in [0.25, 0.3) is 0 Å². The van der Waals surface area contributed by atoms with Crippen molar-refractivity contribution in [2.45, 2.75) is 0 Å². The molecular formula is C5H15NO4S2. The first kappa shape index (κ1) is 14.7. The number of nitrogens with zero attached hydrogens (tertiary/aromatic N) is 1. The third kappa shape index (κ3) is 12.8. The second-order valence-electron chi connectivity index (χ2n) is 1.76. The number of hydrogen-bond donors (Lipinski definition) is 0. The van der Waals surface area contributed by atoms with Gasteiger partial charge in [-0.2, -0.15) is 0 Å². The molecule has 0 aromatic rings. The van der Waals surface area contributed by atoms with Crippen LogP contribution in [0.2, 0.25) is 0 Å². The van der Waals surface area contributed by atoms with Crippen molar-refractivity contribution in [3.8, 4) is 0 Å². The van der Waals surface area contributed by atoms with Gasteiger partial charge < -0.3 is 0 Å². The van der Waals surface area contributed by atoms with Crippen LogP contribution in [-0.2, 0) is 30.7 Å². The predicted molar refractivity (Wildman–Crippen MR) is 49.9 cm³/mol. The summed E-state index contributed by atoms with van der Waals surface area (Å²) in [5.41, 5.74) is 0. The molecule has 12 heavy (non-hydrogen) atoms. The van der Waals surface area contributed by atoms with Crippen molar-refractivity contribution in [2.75, 3.05) is 34.6 Å². The first-order chi connectivity index (χ1) is 5.45. The fraction of sp³-hybridized carbons (Fsp3) is 1.00. The SMILES string of the molecule is COS(=O)N(C)C.COS(C)=O. The Morgan fingerprint density at radius 3 is 1.42 bits per heavy atom. The van der Waals surface area contributed by atoms with Gasteiger partial charge in [-0.15, -0.1) is 0 Å². The maximum absolute atomic E-state index is 10.3. The maximum atomic E-state index is 10.3. The highest BCUT2D eigenvalue weighted by atomic mass is 32.2. The highest BCUT2D eigenvalue weighted by Gasteiger charge is 1.95. The van der Waals surface area contributed by atoms with Crippen molar-refractivity contribution < 1.29 is 16.8 Å². The Morgan fingerprint density at radius 1 is 1.08 bits per heavy atom. The van der Waals surface area contributed by atoms with Gasteiger partial charge in [-0.25, -0.2) is 12.7 Å². The summed E-state index contributed by atoms with van der Waals surface area (Å²) in [6.07, 6.45) is 1.47. The molecule has 0 bridgehead atoms. The second kappa shape index (κ2) is 9.27. The van der Waals surface area contributed by atoms with Crippen LogP contribution in [0, 0.1) is 0 Å². The van der Waals surface area contributed by atoms with Crippen LogP contribution in [0.5, 0.6) is 0 Å². The van der Waals surface area contributed by atoms with Crippen LogP contribution in [0.1, 0.15) is 0 Å². The van der Waals surface area contributed by atoms with Crippen molar-refractivity contribution in [1.82, 2.24) is 4.31 Å². The van der Waals surface area contributed by atoms with E-state index < -0.39 is 22.3 Å². The van der Waals surface area contributed by atoms with E-state index in [4.69, 9.17) is 0 Å². The molecule has 0 fully saturated rings. The van der Waals surface area contributed by atoms with E-state index in [2.05, 4.69) is 8.37 Å². The van der Waals surface area contributed by atoms with Crippen LogP contribution in [0.15, 0.2) is 0 Å². The largest absolute Gasteiger partial charge is 0.294 e. The van der Waals surface area contributed by atoms with Gasteiger partial charge in [0.15, 0.2) is 11.1 Å². The van der Waals surface area contributed by atoms with Crippen LogP contribution in [0.3, 0.4) is 0 Å². The Morgan fingerprint density at radius 2 is 1.42 bits per heavy atom. The summed E-state index contributed by atoms with van der Waals surface area (Å²) in [6.45, 7) is 0. The lowest BCUT2D eigenvalue weighted by Gasteiger charge is -2.03. The topological polar surface area (TPSA) is 55.8 Å². The summed E-state index contributed by atoms with van der Waals surface area (Å²) in [7, 11) is 6.16. The molecule has 0 saturated carbocycles. The van der Waals surface area contributed by atoms with Gasteiger partial charge in [-0.1, -0.05) is 0 Å². The summed E-state index contributed by atoms with van der Waals surface area (Å²) in [6, 6.07) is 0. The van der Waals surface area contributed by atoms with E-state index in [1.165, 1.54) is 24.8 Å². The summed E-state index contributed by atoms with van der Waals surface area (Å²) in [5, 5.41) is 0. The van der Waals surface area contributed by atoms with Gasteiger partial charge in [-0.3, -0.25) is 8.37 Å². The highest BCUT2D eigenvalue weighted by Crippen LogP contribution is 1.82. The Balaban J connectivity index is 0. The molecule has 0 saturated heterocycles. The van der Waals surface area contributed by atoms with Crippen molar-refractivity contribution in [3.05, 3.63) is 0 Å². The molecule has 0 aromatic heterocycles. The smallest absolute Gasteiger partial charge is 0.236 e. The van der Waals surface area contributed by atoms with Crippen LogP contribution in [-0.4, -0.2) is 47.3 Å². The lowest BCUT2D eigenvalue weighted by molar-refractivity contribution is 0.404. The lowest BCUT2D eigenvalue weighted by atomic mass is 11.3. The van der Waals surface area contributed by atoms with Crippen molar-refractivity contribution in [2.24, 2.45) is 0 Å². The van der Waals surface area contributed by atoms with Crippen LogP contribution >= 0.6 is 0 Å². The molecule has 0 heterocycles. The van der Waals surface area contributed by atoms with Crippen LogP contribution in [0.4, 0.5) is 0 Å². The van der Waals surface area contributed by atoms with Crippen molar-refractivity contribution in [3.63, 3.8) is 0 Å². The quantitative estimate of drug-likeness (QED) is 0.651. The third-order valence-electron chi connectivity index (χ3n) is 0.675. The molecule has 0 aromatic carbocycles. The maximum Gasteiger partial charge on any atom is 0.236 e. The van der Waals surface area contributed by atoms with E-state index >= 15 is 0 Å². The second-order valence-corrected chi connectivity index (χ2v) is 4.40. The van der Waals surface area contributed by atoms with E-state index in [1.807, 2.05) is 0 Å². The monoisotopic (exact) mass is 217 g/mol. The average molecular weight is 217 g/mol. The Hall–Kier alpha value is 0.180. The van der Waals surface area contributed by atoms with Gasteiger partial charge in [0.25, 0.3) is 0 Å². The van der Waals surface area contributed by atoms with E-state index in [-0.39, 0.29) is 0 Å². The number of rotatable bonds is 3. The summed E-state index contributed by atoms with van der Waals surface area (Å²) in [4.78, 5) is 0. The molecule has 0 rings (SSSR count). The van der Waals surface area contributed by atoms with Crippen molar-refractivity contribution >= 4 is 22.3 Å². The standard InChI is InChI=1S/C3H9NO2S.C2H6O2S/c1-4(2)7(5)6-3;1-4-5(2)3/h1-3H3;1-2H3. The summed E-state index contributed by atoms with van der Waals surface area (Å²) >= 11 is -2.32. The minimum absolute atomic E-state index is 1.07. The Labute approximate surface area is 78.5 Å². The lowest BCUT2D eigenvalue weighted by Crippen LogP contribution is -2.15. The molecule has 2 atom stereocenters. The Bertz CT molecular complexity index is 150. The molecule has 0 aliphatic rings. The van der Waals surface area contributed by atoms with Gasteiger partial charge in [-0.05, 0) is 0 Å². The van der Waals surface area contributed by atoms with Crippen molar-refractivity contribution in [1.29, 1.82) is 0 Å². The zero-order valence-corrected chi connectivity index (χ0v) is 9.53. The van der Waals surface area contributed by atoms with E-state index in [9.17, 15) is 8.42 Å². The molecule has 7 heteroatoms. The van der Waals surface area contributed by atoms with Gasteiger partial charge >= 0.3 is 0 Å². The first-order valence-corrected chi connectivity index (χ1v) is 5.48. The van der Waals surface area contributed by atoms with E-state index in [0.29, 0.717) is 0 Å². The molecule has 0 aliphatic heterocycles. The molecule has 0 radical (unpaired) electrons. The first-order valence-electron chi connectivity index (χ1n) is 2.97. The van der Waals surface area contributed by atoms with Gasteiger partial charge in [0.2, 0.25) is 11.3 Å². The van der Waals surface area contributed by atoms with Gasteiger partial charge in [0, 0.05) is 20.4 Å². The predicted octanol–water partition coefficient (Wildman–Crippen LogP) is -0.301. The zero-order chi connectivity index (χ0) is 10.1. The minimum Gasteiger partial charge on any atom is -0.294 e. The molecule has 0 aliphatic carbocycles. The fourth-order valence-corrected chi connectivity index (χ4v) is 0.447. The summed E-state index contributed by atoms with van der Waals surface area (Å²) in [5.74, 6) is 0. The molecule has 5 nitrogen and oxygen atoms in total. The van der Waals surface area contributed by atoms with Gasteiger partial charge in [0.05, 0.1) is 14.2 Å². The fourth-order valence-electron chi connectivity index (χ4n) is 0.149. The molecule has 2 unspecified atom stereocenters. The minimum atomic E-state index is -1.25. The normalized spacial score (nSPS) is 14.8. The molecule has 0 N–H and O–H groups in total. The highest BCUT2D eigenvalue weighted by molar-refractivity contribution is 7.79. The average Bonchev–Trinajstić information content (AvgIpc) is 2.04. The summed E-state index contributed by atoms with van der Waals surface area (Å²) < 4.78 is 30.1. The molecule has 76 valence electrons. The third-order valence-corrected chi connectivity index (χ3v) is 2.03. The van der Waals surface area contributed by atoms with Crippen LogP contribution < -0.4 is 0 Å². The molecule has 0 amide bonds.